The monoisotopic (exact) mass is 341 g/mol. The fraction of sp³-hybridized carbons (Fsp3) is 0.278. The summed E-state index contributed by atoms with van der Waals surface area (Å²) in [6, 6.07) is 7.95. The Hall–Kier alpha value is -2.47. The van der Waals surface area contributed by atoms with Gasteiger partial charge in [-0.05, 0) is 31.9 Å². The van der Waals surface area contributed by atoms with Crippen molar-refractivity contribution in [1.29, 1.82) is 0 Å². The average Bonchev–Trinajstić information content (AvgIpc) is 2.89. The predicted molar refractivity (Wildman–Crippen MR) is 96.7 cm³/mol. The number of aryl methyl sites for hydroxylation is 3. The molecule has 6 heteroatoms. The number of thiophene rings is 1. The van der Waals surface area contributed by atoms with Crippen LogP contribution in [0, 0.1) is 13.8 Å². The van der Waals surface area contributed by atoms with Gasteiger partial charge >= 0.3 is 0 Å². The molecule has 3 rings (SSSR count). The molecular formula is C18H19N3O2S. The number of nitrogens with one attached hydrogen (secondary N) is 1. The lowest BCUT2D eigenvalue weighted by molar-refractivity contribution is 0.0943. The van der Waals surface area contributed by atoms with Crippen molar-refractivity contribution < 1.29 is 4.79 Å². The van der Waals surface area contributed by atoms with Crippen LogP contribution in [0.1, 0.15) is 39.3 Å². The quantitative estimate of drug-likeness (QED) is 0.796. The van der Waals surface area contributed by atoms with Gasteiger partial charge in [-0.25, -0.2) is 4.98 Å². The third kappa shape index (κ3) is 2.85. The summed E-state index contributed by atoms with van der Waals surface area (Å²) in [4.78, 5) is 30.3. The van der Waals surface area contributed by atoms with E-state index in [0.29, 0.717) is 20.7 Å². The van der Waals surface area contributed by atoms with E-state index in [1.807, 2.05) is 38.1 Å². The summed E-state index contributed by atoms with van der Waals surface area (Å²) in [5, 5.41) is 3.53. The van der Waals surface area contributed by atoms with Gasteiger partial charge in [0.05, 0.1) is 22.6 Å². The number of hydrogen-bond donors (Lipinski definition) is 1. The van der Waals surface area contributed by atoms with Crippen LogP contribution in [0.25, 0.3) is 10.2 Å². The molecule has 0 aliphatic rings. The topological polar surface area (TPSA) is 64.0 Å². The third-order valence-corrected chi connectivity index (χ3v) is 5.34. The van der Waals surface area contributed by atoms with Gasteiger partial charge in [0.15, 0.2) is 0 Å². The standard InChI is InChI=1S/C18H19N3O2S/c1-10-5-7-13(8-6-10)12(3)20-16(22)15-11(2)14-17(24-15)19-9-21(4)18(14)23/h5-9,12H,1-4H3,(H,20,22). The van der Waals surface area contributed by atoms with Crippen LogP contribution in [0.15, 0.2) is 35.4 Å². The SMILES string of the molecule is Cc1ccc(C(C)NC(=O)c2sc3ncn(C)c(=O)c3c2C)cc1. The third-order valence-electron chi connectivity index (χ3n) is 4.14. The minimum Gasteiger partial charge on any atom is -0.345 e. The lowest BCUT2D eigenvalue weighted by Gasteiger charge is -2.14. The van der Waals surface area contributed by atoms with Crippen LogP contribution in [0.2, 0.25) is 0 Å². The van der Waals surface area contributed by atoms with Gasteiger partial charge in [0, 0.05) is 7.05 Å². The molecule has 0 fully saturated rings. The fourth-order valence-corrected chi connectivity index (χ4v) is 3.67. The molecule has 0 saturated heterocycles. The largest absolute Gasteiger partial charge is 0.345 e. The van der Waals surface area contributed by atoms with Crippen LogP contribution in [0.5, 0.6) is 0 Å². The molecule has 5 nitrogen and oxygen atoms in total. The Bertz CT molecular complexity index is 970. The second kappa shape index (κ2) is 6.20. The van der Waals surface area contributed by atoms with E-state index in [-0.39, 0.29) is 17.5 Å². The number of carbonyl (C=O) groups is 1. The van der Waals surface area contributed by atoms with E-state index in [0.717, 1.165) is 5.56 Å². The molecule has 2 aromatic heterocycles. The minimum atomic E-state index is -0.175. The molecule has 0 spiro atoms. The first kappa shape index (κ1) is 16.4. The summed E-state index contributed by atoms with van der Waals surface area (Å²) in [7, 11) is 1.66. The maximum atomic E-state index is 12.6. The van der Waals surface area contributed by atoms with Crippen molar-refractivity contribution in [2.75, 3.05) is 0 Å². The second-order valence-corrected chi connectivity index (χ2v) is 7.00. The molecule has 24 heavy (non-hydrogen) atoms. The fourth-order valence-electron chi connectivity index (χ4n) is 2.63. The van der Waals surface area contributed by atoms with E-state index in [2.05, 4.69) is 10.3 Å². The Morgan fingerprint density at radius 1 is 1.25 bits per heavy atom. The number of nitrogens with zero attached hydrogens (tertiary/aromatic N) is 2. The molecule has 1 N–H and O–H groups in total. The Labute approximate surface area is 144 Å². The summed E-state index contributed by atoms with van der Waals surface area (Å²) in [6.07, 6.45) is 1.48. The van der Waals surface area contributed by atoms with Crippen molar-refractivity contribution in [3.8, 4) is 0 Å². The van der Waals surface area contributed by atoms with Crippen LogP contribution in [0.4, 0.5) is 0 Å². The molecular weight excluding hydrogens is 322 g/mol. The molecule has 0 saturated carbocycles. The van der Waals surface area contributed by atoms with Crippen LogP contribution < -0.4 is 10.9 Å². The van der Waals surface area contributed by atoms with Crippen molar-refractivity contribution in [3.05, 3.63) is 62.5 Å². The molecule has 0 aliphatic carbocycles. The van der Waals surface area contributed by atoms with Gasteiger partial charge in [0.25, 0.3) is 11.5 Å². The average molecular weight is 341 g/mol. The molecule has 0 aliphatic heterocycles. The Morgan fingerprint density at radius 3 is 2.58 bits per heavy atom. The molecule has 0 bridgehead atoms. The van der Waals surface area contributed by atoms with Gasteiger partial charge < -0.3 is 9.88 Å². The maximum Gasteiger partial charge on any atom is 0.262 e. The number of amides is 1. The first-order valence-corrected chi connectivity index (χ1v) is 8.52. The molecule has 124 valence electrons. The van der Waals surface area contributed by atoms with E-state index in [1.165, 1.54) is 27.8 Å². The highest BCUT2D eigenvalue weighted by Crippen LogP contribution is 2.27. The highest BCUT2D eigenvalue weighted by molar-refractivity contribution is 7.20. The van der Waals surface area contributed by atoms with Crippen molar-refractivity contribution in [3.63, 3.8) is 0 Å². The summed E-state index contributed by atoms with van der Waals surface area (Å²) < 4.78 is 1.43. The van der Waals surface area contributed by atoms with Crippen LogP contribution in [0.3, 0.4) is 0 Å². The maximum absolute atomic E-state index is 12.6. The van der Waals surface area contributed by atoms with Crippen LogP contribution >= 0.6 is 11.3 Å². The number of hydrogen-bond acceptors (Lipinski definition) is 4. The first-order chi connectivity index (χ1) is 11.4. The number of fused-ring (bicyclic) bond motifs is 1. The second-order valence-electron chi connectivity index (χ2n) is 6.00. The van der Waals surface area contributed by atoms with E-state index < -0.39 is 0 Å². The molecule has 0 radical (unpaired) electrons. The van der Waals surface area contributed by atoms with Crippen LogP contribution in [-0.4, -0.2) is 15.5 Å². The van der Waals surface area contributed by atoms with E-state index in [9.17, 15) is 9.59 Å². The van der Waals surface area contributed by atoms with E-state index >= 15 is 0 Å². The van der Waals surface area contributed by atoms with Gasteiger partial charge in [-0.15, -0.1) is 11.3 Å². The molecule has 1 amide bonds. The highest BCUT2D eigenvalue weighted by atomic mass is 32.1. The van der Waals surface area contributed by atoms with Gasteiger partial charge in [-0.1, -0.05) is 29.8 Å². The highest BCUT2D eigenvalue weighted by Gasteiger charge is 2.20. The van der Waals surface area contributed by atoms with Crippen molar-refractivity contribution >= 4 is 27.5 Å². The Morgan fingerprint density at radius 2 is 1.92 bits per heavy atom. The summed E-state index contributed by atoms with van der Waals surface area (Å²) in [5.74, 6) is -0.175. The Balaban J connectivity index is 1.91. The molecule has 1 aromatic carbocycles. The van der Waals surface area contributed by atoms with Gasteiger partial charge in [-0.3, -0.25) is 9.59 Å². The zero-order chi connectivity index (χ0) is 17.4. The Kier molecular flexibility index (Phi) is 4.24. The molecule has 1 unspecified atom stereocenters. The number of aromatic nitrogens is 2. The van der Waals surface area contributed by atoms with Crippen molar-refractivity contribution in [2.45, 2.75) is 26.8 Å². The summed E-state index contributed by atoms with van der Waals surface area (Å²) in [6.45, 7) is 5.77. The van der Waals surface area contributed by atoms with Gasteiger partial charge in [0.1, 0.15) is 4.83 Å². The molecule has 3 aromatic rings. The molecule has 1 atom stereocenters. The van der Waals surface area contributed by atoms with Gasteiger partial charge in [0.2, 0.25) is 0 Å². The normalized spacial score (nSPS) is 12.3. The lowest BCUT2D eigenvalue weighted by Crippen LogP contribution is -2.26. The summed E-state index contributed by atoms with van der Waals surface area (Å²) in [5.41, 5.74) is 2.79. The molecule has 2 heterocycles. The zero-order valence-electron chi connectivity index (χ0n) is 14.1. The zero-order valence-corrected chi connectivity index (χ0v) is 14.9. The summed E-state index contributed by atoms with van der Waals surface area (Å²) >= 11 is 1.26. The van der Waals surface area contributed by atoms with Crippen molar-refractivity contribution in [1.82, 2.24) is 14.9 Å². The van der Waals surface area contributed by atoms with Crippen LogP contribution in [-0.2, 0) is 7.05 Å². The lowest BCUT2D eigenvalue weighted by atomic mass is 10.1. The predicted octanol–water partition coefficient (Wildman–Crippen LogP) is 3.10. The van der Waals surface area contributed by atoms with Crippen molar-refractivity contribution in [2.24, 2.45) is 7.05 Å². The van der Waals surface area contributed by atoms with E-state index in [1.54, 1.807) is 14.0 Å². The number of rotatable bonds is 3. The van der Waals surface area contributed by atoms with E-state index in [4.69, 9.17) is 0 Å². The number of carbonyl (C=O) groups excluding carboxylic acids is 1. The first-order valence-electron chi connectivity index (χ1n) is 7.70. The number of benzene rings is 1. The van der Waals surface area contributed by atoms with Gasteiger partial charge in [-0.2, -0.15) is 0 Å². The smallest absolute Gasteiger partial charge is 0.262 e. The minimum absolute atomic E-state index is 0.112.